The Hall–Kier alpha value is -3.27. The maximum absolute atomic E-state index is 13.2. The van der Waals surface area contributed by atoms with Crippen LogP contribution in [0.5, 0.6) is 11.5 Å². The lowest BCUT2D eigenvalue weighted by atomic mass is 10.1. The fraction of sp³-hybridized carbons (Fsp3) is 0.240. The van der Waals surface area contributed by atoms with Crippen molar-refractivity contribution >= 4 is 11.6 Å². The number of piperazine rings is 1. The van der Waals surface area contributed by atoms with Crippen LogP contribution in [-0.4, -0.2) is 37.0 Å². The molecule has 1 heterocycles. The summed E-state index contributed by atoms with van der Waals surface area (Å²) in [6.07, 6.45) is 0. The fourth-order valence-corrected chi connectivity index (χ4v) is 3.75. The summed E-state index contributed by atoms with van der Waals surface area (Å²) in [5, 5.41) is 0. The Labute approximate surface area is 172 Å². The first-order chi connectivity index (χ1) is 14.1. The van der Waals surface area contributed by atoms with Gasteiger partial charge in [0.1, 0.15) is 11.5 Å². The van der Waals surface area contributed by atoms with E-state index in [1.54, 1.807) is 0 Å². The molecule has 1 aliphatic rings. The first-order valence-electron chi connectivity index (χ1n) is 10.1. The van der Waals surface area contributed by atoms with Crippen molar-refractivity contribution in [1.29, 1.82) is 0 Å². The van der Waals surface area contributed by atoms with Gasteiger partial charge in [-0.2, -0.15) is 0 Å². The number of anilines is 1. The lowest BCUT2D eigenvalue weighted by Gasteiger charge is -2.37. The molecule has 0 aromatic heterocycles. The van der Waals surface area contributed by atoms with Crippen LogP contribution in [0.4, 0.5) is 5.69 Å². The number of carbonyl (C=O) groups excluding carboxylic acids is 1. The molecule has 0 atom stereocenters. The third kappa shape index (κ3) is 4.11. The van der Waals surface area contributed by atoms with E-state index in [1.807, 2.05) is 59.5 Å². The SMILES string of the molecule is Cc1cccc(N2CCN(C(=O)c3ccccc3Oc3ccccc3)CC2)c1C. The molecule has 0 bridgehead atoms. The second kappa shape index (κ2) is 8.39. The van der Waals surface area contributed by atoms with Gasteiger partial charge in [0.25, 0.3) is 5.91 Å². The van der Waals surface area contributed by atoms with Gasteiger partial charge in [0.05, 0.1) is 5.56 Å². The van der Waals surface area contributed by atoms with E-state index in [2.05, 4.69) is 36.9 Å². The number of rotatable bonds is 4. The molecule has 148 valence electrons. The number of nitrogens with zero attached hydrogens (tertiary/aromatic N) is 2. The number of carbonyl (C=O) groups is 1. The maximum Gasteiger partial charge on any atom is 0.257 e. The Morgan fingerprint density at radius 1 is 0.793 bits per heavy atom. The van der Waals surface area contributed by atoms with Crippen LogP contribution in [0, 0.1) is 13.8 Å². The molecule has 4 heteroatoms. The summed E-state index contributed by atoms with van der Waals surface area (Å²) >= 11 is 0. The zero-order valence-electron chi connectivity index (χ0n) is 17.0. The van der Waals surface area contributed by atoms with Gasteiger partial charge >= 0.3 is 0 Å². The molecule has 3 aromatic carbocycles. The maximum atomic E-state index is 13.2. The van der Waals surface area contributed by atoms with E-state index in [0.717, 1.165) is 18.8 Å². The van der Waals surface area contributed by atoms with Crippen LogP contribution in [0.3, 0.4) is 0 Å². The van der Waals surface area contributed by atoms with Gasteiger partial charge in [-0.15, -0.1) is 0 Å². The van der Waals surface area contributed by atoms with E-state index in [4.69, 9.17) is 4.74 Å². The lowest BCUT2D eigenvalue weighted by Crippen LogP contribution is -2.49. The minimum atomic E-state index is 0.0251. The highest BCUT2D eigenvalue weighted by atomic mass is 16.5. The topological polar surface area (TPSA) is 32.8 Å². The number of ether oxygens (including phenoxy) is 1. The van der Waals surface area contributed by atoms with Gasteiger partial charge in [-0.05, 0) is 55.3 Å². The predicted octanol–water partition coefficient (Wildman–Crippen LogP) is 5.06. The van der Waals surface area contributed by atoms with E-state index in [0.29, 0.717) is 24.4 Å². The highest BCUT2D eigenvalue weighted by molar-refractivity contribution is 5.97. The van der Waals surface area contributed by atoms with Crippen molar-refractivity contribution in [3.05, 3.63) is 89.5 Å². The number of amides is 1. The first kappa shape index (κ1) is 19.1. The number of hydrogen-bond acceptors (Lipinski definition) is 3. The van der Waals surface area contributed by atoms with Crippen LogP contribution in [0.1, 0.15) is 21.5 Å². The van der Waals surface area contributed by atoms with Crippen molar-refractivity contribution in [1.82, 2.24) is 4.90 Å². The summed E-state index contributed by atoms with van der Waals surface area (Å²) in [6, 6.07) is 23.5. The summed E-state index contributed by atoms with van der Waals surface area (Å²) < 4.78 is 5.98. The second-order valence-electron chi connectivity index (χ2n) is 7.41. The second-order valence-corrected chi connectivity index (χ2v) is 7.41. The van der Waals surface area contributed by atoms with Crippen molar-refractivity contribution in [2.24, 2.45) is 0 Å². The molecule has 1 aliphatic heterocycles. The molecule has 4 nitrogen and oxygen atoms in total. The van der Waals surface area contributed by atoms with Crippen LogP contribution in [0.25, 0.3) is 0 Å². The van der Waals surface area contributed by atoms with Gasteiger partial charge < -0.3 is 14.5 Å². The molecule has 0 N–H and O–H groups in total. The molecule has 0 spiro atoms. The third-order valence-electron chi connectivity index (χ3n) is 5.57. The fourth-order valence-electron chi connectivity index (χ4n) is 3.75. The standard InChI is InChI=1S/C25H26N2O2/c1-19-9-8-13-23(20(19)2)26-15-17-27(18-16-26)25(28)22-12-6-7-14-24(22)29-21-10-4-3-5-11-21/h3-14H,15-18H2,1-2H3. The van der Waals surface area contributed by atoms with Crippen LogP contribution < -0.4 is 9.64 Å². The average molecular weight is 386 g/mol. The zero-order valence-corrected chi connectivity index (χ0v) is 17.0. The van der Waals surface area contributed by atoms with Gasteiger partial charge in [-0.25, -0.2) is 0 Å². The highest BCUT2D eigenvalue weighted by Gasteiger charge is 2.25. The third-order valence-corrected chi connectivity index (χ3v) is 5.57. The molecule has 0 aliphatic carbocycles. The Kier molecular flexibility index (Phi) is 5.52. The van der Waals surface area contributed by atoms with Crippen molar-refractivity contribution in [2.75, 3.05) is 31.1 Å². The highest BCUT2D eigenvalue weighted by Crippen LogP contribution is 2.28. The quantitative estimate of drug-likeness (QED) is 0.628. The van der Waals surface area contributed by atoms with Crippen LogP contribution in [0.2, 0.25) is 0 Å². The van der Waals surface area contributed by atoms with Crippen LogP contribution >= 0.6 is 0 Å². The van der Waals surface area contributed by atoms with E-state index in [9.17, 15) is 4.79 Å². The molecule has 1 amide bonds. The number of aryl methyl sites for hydroxylation is 1. The Balaban J connectivity index is 1.47. The van der Waals surface area contributed by atoms with E-state index in [-0.39, 0.29) is 5.91 Å². The van der Waals surface area contributed by atoms with Gasteiger partial charge in [0.2, 0.25) is 0 Å². The van der Waals surface area contributed by atoms with Gasteiger partial charge in [-0.3, -0.25) is 4.79 Å². The summed E-state index contributed by atoms with van der Waals surface area (Å²) in [7, 11) is 0. The largest absolute Gasteiger partial charge is 0.457 e. The Morgan fingerprint density at radius 2 is 1.48 bits per heavy atom. The average Bonchev–Trinajstić information content (AvgIpc) is 2.76. The number of benzene rings is 3. The molecule has 0 unspecified atom stereocenters. The summed E-state index contributed by atoms with van der Waals surface area (Å²) in [5.41, 5.74) is 4.49. The van der Waals surface area contributed by atoms with E-state index in [1.165, 1.54) is 16.8 Å². The van der Waals surface area contributed by atoms with Crippen molar-refractivity contribution in [3.63, 3.8) is 0 Å². The van der Waals surface area contributed by atoms with Crippen molar-refractivity contribution in [2.45, 2.75) is 13.8 Å². The number of hydrogen-bond donors (Lipinski definition) is 0. The molecule has 1 fully saturated rings. The normalized spacial score (nSPS) is 14.0. The molecule has 29 heavy (non-hydrogen) atoms. The van der Waals surface area contributed by atoms with Crippen LogP contribution in [-0.2, 0) is 0 Å². The van der Waals surface area contributed by atoms with Crippen LogP contribution in [0.15, 0.2) is 72.8 Å². The molecule has 4 rings (SSSR count). The minimum absolute atomic E-state index is 0.0251. The molecular weight excluding hydrogens is 360 g/mol. The minimum Gasteiger partial charge on any atom is -0.457 e. The summed E-state index contributed by atoms with van der Waals surface area (Å²) in [5.74, 6) is 1.35. The molecule has 0 saturated carbocycles. The Morgan fingerprint density at radius 3 is 2.24 bits per heavy atom. The predicted molar refractivity (Wildman–Crippen MR) is 117 cm³/mol. The summed E-state index contributed by atoms with van der Waals surface area (Å²) in [6.45, 7) is 7.37. The smallest absolute Gasteiger partial charge is 0.257 e. The van der Waals surface area contributed by atoms with Gasteiger partial charge in [0, 0.05) is 31.9 Å². The molecule has 3 aromatic rings. The van der Waals surface area contributed by atoms with E-state index >= 15 is 0 Å². The number of para-hydroxylation sites is 2. The van der Waals surface area contributed by atoms with E-state index < -0.39 is 0 Å². The summed E-state index contributed by atoms with van der Waals surface area (Å²) in [4.78, 5) is 17.5. The van der Waals surface area contributed by atoms with Crippen molar-refractivity contribution < 1.29 is 9.53 Å². The monoisotopic (exact) mass is 386 g/mol. The molecule has 0 radical (unpaired) electrons. The Bertz CT molecular complexity index is 993. The molecule has 1 saturated heterocycles. The lowest BCUT2D eigenvalue weighted by molar-refractivity contribution is 0.0744. The zero-order chi connectivity index (χ0) is 20.2. The van der Waals surface area contributed by atoms with Gasteiger partial charge in [0.15, 0.2) is 0 Å². The van der Waals surface area contributed by atoms with Gasteiger partial charge in [-0.1, -0.05) is 42.5 Å². The first-order valence-corrected chi connectivity index (χ1v) is 10.1. The van der Waals surface area contributed by atoms with Crippen molar-refractivity contribution in [3.8, 4) is 11.5 Å². The molecular formula is C25H26N2O2.